The lowest BCUT2D eigenvalue weighted by Gasteiger charge is -2.06. The van der Waals surface area contributed by atoms with Crippen LogP contribution in [0.15, 0.2) is 66.7 Å². The summed E-state index contributed by atoms with van der Waals surface area (Å²) in [5.74, 6) is 6.19. The molecule has 28 heavy (non-hydrogen) atoms. The van der Waals surface area contributed by atoms with Crippen molar-refractivity contribution in [1.29, 1.82) is 0 Å². The fourth-order valence-corrected chi connectivity index (χ4v) is 2.68. The molecule has 0 aliphatic carbocycles. The Kier molecular flexibility index (Phi) is 6.27. The van der Waals surface area contributed by atoms with E-state index in [2.05, 4.69) is 22.5 Å². The molecule has 3 aromatic carbocycles. The summed E-state index contributed by atoms with van der Waals surface area (Å²) in [6, 6.07) is 20.6. The molecule has 0 saturated heterocycles. The zero-order valence-corrected chi connectivity index (χ0v) is 15.5. The van der Waals surface area contributed by atoms with E-state index in [9.17, 15) is 9.59 Å². The molecule has 2 amide bonds. The van der Waals surface area contributed by atoms with Crippen LogP contribution in [0.5, 0.6) is 5.75 Å². The summed E-state index contributed by atoms with van der Waals surface area (Å²) in [5, 5.41) is 7.55. The molecule has 5 heteroatoms. The van der Waals surface area contributed by atoms with E-state index in [4.69, 9.17) is 4.74 Å². The lowest BCUT2D eigenvalue weighted by molar-refractivity contribution is -0.114. The van der Waals surface area contributed by atoms with Gasteiger partial charge in [0.25, 0.3) is 5.91 Å². The second-order valence-corrected chi connectivity index (χ2v) is 6.06. The maximum atomic E-state index is 12.1. The molecule has 140 valence electrons. The predicted octanol–water partition coefficient (Wildman–Crippen LogP) is 3.61. The van der Waals surface area contributed by atoms with Crippen molar-refractivity contribution in [3.63, 3.8) is 0 Å². The number of amides is 2. The maximum Gasteiger partial charge on any atom is 0.252 e. The van der Waals surface area contributed by atoms with Gasteiger partial charge >= 0.3 is 0 Å². The smallest absolute Gasteiger partial charge is 0.252 e. The number of rotatable bonds is 5. The van der Waals surface area contributed by atoms with E-state index >= 15 is 0 Å². The van der Waals surface area contributed by atoms with Crippen LogP contribution in [0, 0.1) is 11.8 Å². The molecule has 0 radical (unpaired) electrons. The number of ether oxygens (including phenoxy) is 1. The van der Waals surface area contributed by atoms with Crippen LogP contribution in [0.3, 0.4) is 0 Å². The molecule has 0 atom stereocenters. The van der Waals surface area contributed by atoms with E-state index in [-0.39, 0.29) is 25.0 Å². The Balaban J connectivity index is 1.47. The first-order chi connectivity index (χ1) is 13.6. The van der Waals surface area contributed by atoms with Crippen LogP contribution in [0.25, 0.3) is 10.8 Å². The van der Waals surface area contributed by atoms with Crippen LogP contribution in [-0.4, -0.2) is 25.0 Å². The molecule has 2 N–H and O–H groups in total. The number of benzene rings is 3. The van der Waals surface area contributed by atoms with E-state index in [1.54, 1.807) is 24.3 Å². The van der Waals surface area contributed by atoms with Gasteiger partial charge in [-0.05, 0) is 35.7 Å². The number of fused-ring (bicyclic) bond motifs is 1. The van der Waals surface area contributed by atoms with Gasteiger partial charge in [-0.25, -0.2) is 0 Å². The zero-order valence-electron chi connectivity index (χ0n) is 15.5. The average molecular weight is 372 g/mol. The highest BCUT2D eigenvalue weighted by atomic mass is 16.5. The van der Waals surface area contributed by atoms with Gasteiger partial charge in [-0.3, -0.25) is 9.59 Å². The molecule has 3 rings (SSSR count). The summed E-state index contributed by atoms with van der Waals surface area (Å²) in [4.78, 5) is 23.1. The van der Waals surface area contributed by atoms with E-state index in [1.807, 2.05) is 42.5 Å². The van der Waals surface area contributed by atoms with E-state index in [0.717, 1.165) is 16.5 Å². The second kappa shape index (κ2) is 9.24. The Morgan fingerprint density at radius 1 is 0.929 bits per heavy atom. The highest BCUT2D eigenvalue weighted by Crippen LogP contribution is 2.24. The van der Waals surface area contributed by atoms with Gasteiger partial charge < -0.3 is 15.4 Å². The van der Waals surface area contributed by atoms with Crippen molar-refractivity contribution in [3.8, 4) is 17.6 Å². The first-order valence-corrected chi connectivity index (χ1v) is 8.85. The Labute approximate surface area is 163 Å². The summed E-state index contributed by atoms with van der Waals surface area (Å²) in [5.41, 5.74) is 1.15. The van der Waals surface area contributed by atoms with Crippen molar-refractivity contribution in [3.05, 3.63) is 72.3 Å². The first kappa shape index (κ1) is 19.0. The van der Waals surface area contributed by atoms with Gasteiger partial charge in [0.05, 0.1) is 6.54 Å². The molecule has 0 spiro atoms. The predicted molar refractivity (Wildman–Crippen MR) is 110 cm³/mol. The molecule has 0 aliphatic heterocycles. The highest BCUT2D eigenvalue weighted by Gasteiger charge is 2.04. The van der Waals surface area contributed by atoms with E-state index in [1.165, 1.54) is 6.92 Å². The largest absolute Gasteiger partial charge is 0.480 e. The van der Waals surface area contributed by atoms with Crippen LogP contribution >= 0.6 is 0 Å². The molecule has 0 saturated carbocycles. The highest BCUT2D eigenvalue weighted by molar-refractivity contribution is 5.95. The minimum Gasteiger partial charge on any atom is -0.480 e. The topological polar surface area (TPSA) is 67.4 Å². The maximum absolute atomic E-state index is 12.1. The van der Waals surface area contributed by atoms with Gasteiger partial charge in [0.1, 0.15) is 12.4 Å². The van der Waals surface area contributed by atoms with E-state index < -0.39 is 0 Å². The average Bonchev–Trinajstić information content (AvgIpc) is 2.70. The third kappa shape index (κ3) is 5.12. The number of anilines is 1. The number of hydrogen-bond donors (Lipinski definition) is 2. The fourth-order valence-electron chi connectivity index (χ4n) is 2.68. The van der Waals surface area contributed by atoms with Crippen LogP contribution in [0.4, 0.5) is 5.69 Å². The van der Waals surface area contributed by atoms with E-state index in [0.29, 0.717) is 11.3 Å². The van der Waals surface area contributed by atoms with Crippen LogP contribution < -0.4 is 15.4 Å². The van der Waals surface area contributed by atoms with Crippen molar-refractivity contribution in [2.75, 3.05) is 18.5 Å². The third-order valence-corrected chi connectivity index (χ3v) is 3.98. The lowest BCUT2D eigenvalue weighted by Crippen LogP contribution is -2.23. The minimum atomic E-state index is -0.223. The van der Waals surface area contributed by atoms with Gasteiger partial charge in [0, 0.05) is 23.6 Å². The summed E-state index contributed by atoms with van der Waals surface area (Å²) < 4.78 is 5.73. The fraction of sp³-hybridized carbons (Fsp3) is 0.130. The third-order valence-electron chi connectivity index (χ3n) is 3.98. The molecule has 0 aliphatic rings. The van der Waals surface area contributed by atoms with Gasteiger partial charge in [-0.2, -0.15) is 0 Å². The van der Waals surface area contributed by atoms with Gasteiger partial charge in [-0.1, -0.05) is 48.2 Å². The number of carbonyl (C=O) groups excluding carboxylic acids is 2. The van der Waals surface area contributed by atoms with Crippen LogP contribution in [0.2, 0.25) is 0 Å². The van der Waals surface area contributed by atoms with Gasteiger partial charge in [-0.15, -0.1) is 0 Å². The molecule has 5 nitrogen and oxygen atoms in total. The summed E-state index contributed by atoms with van der Waals surface area (Å²) in [7, 11) is 0. The first-order valence-electron chi connectivity index (χ1n) is 8.85. The van der Waals surface area contributed by atoms with Gasteiger partial charge in [0.2, 0.25) is 5.91 Å². The molecular weight excluding hydrogens is 352 g/mol. The molecule has 0 fully saturated rings. The molecule has 3 aromatic rings. The lowest BCUT2D eigenvalue weighted by atomic mass is 10.1. The Morgan fingerprint density at radius 3 is 2.46 bits per heavy atom. The SMILES string of the molecule is CC(=O)Nc1ccc(C(=O)NCC#CCOc2cccc3ccccc23)cc1. The number of carbonyl (C=O) groups is 2. The number of nitrogens with one attached hydrogen (secondary N) is 2. The molecule has 0 unspecified atom stereocenters. The summed E-state index contributed by atoms with van der Waals surface area (Å²) in [6.07, 6.45) is 0. The Hall–Kier alpha value is -3.78. The van der Waals surface area contributed by atoms with Crippen LogP contribution in [0.1, 0.15) is 17.3 Å². The molecule has 0 bridgehead atoms. The summed E-state index contributed by atoms with van der Waals surface area (Å²) in [6.45, 7) is 1.91. The molecule has 0 aromatic heterocycles. The van der Waals surface area contributed by atoms with Crippen molar-refractivity contribution in [2.45, 2.75) is 6.92 Å². The van der Waals surface area contributed by atoms with Crippen molar-refractivity contribution in [1.82, 2.24) is 5.32 Å². The second-order valence-electron chi connectivity index (χ2n) is 6.06. The Bertz CT molecular complexity index is 1040. The zero-order chi connectivity index (χ0) is 19.8. The van der Waals surface area contributed by atoms with Gasteiger partial charge in [0.15, 0.2) is 0 Å². The van der Waals surface area contributed by atoms with Crippen LogP contribution in [-0.2, 0) is 4.79 Å². The monoisotopic (exact) mass is 372 g/mol. The minimum absolute atomic E-state index is 0.154. The Morgan fingerprint density at radius 2 is 1.68 bits per heavy atom. The standard InChI is InChI=1S/C23H20N2O3/c1-17(26)25-20-13-11-19(12-14-20)23(27)24-15-4-5-16-28-22-10-6-8-18-7-2-3-9-21(18)22/h2-3,6-14H,15-16H2,1H3,(H,24,27)(H,25,26). The molecule has 0 heterocycles. The summed E-state index contributed by atoms with van der Waals surface area (Å²) >= 11 is 0. The normalized spacial score (nSPS) is 9.89. The quantitative estimate of drug-likeness (QED) is 0.673. The van der Waals surface area contributed by atoms with Crippen molar-refractivity contribution < 1.29 is 14.3 Å². The molecular formula is C23H20N2O3. The number of hydrogen-bond acceptors (Lipinski definition) is 3. The van der Waals surface area contributed by atoms with Crippen molar-refractivity contribution in [2.24, 2.45) is 0 Å². The van der Waals surface area contributed by atoms with Crippen molar-refractivity contribution >= 4 is 28.3 Å².